The summed E-state index contributed by atoms with van der Waals surface area (Å²) in [5, 5.41) is 27.6. The van der Waals surface area contributed by atoms with E-state index in [1.807, 2.05) is 13.8 Å². The number of aromatic nitrogens is 1. The molecule has 4 aliphatic rings. The number of hydrogen-bond donors (Lipinski definition) is 9. The molecule has 2 aromatic rings. The summed E-state index contributed by atoms with van der Waals surface area (Å²) < 4.78 is 5.82. The molecule has 10 N–H and O–H groups in total. The van der Waals surface area contributed by atoms with Gasteiger partial charge in [-0.1, -0.05) is 73.1 Å². The first-order chi connectivity index (χ1) is 41.5. The second kappa shape index (κ2) is 32.9. The molecule has 476 valence electrons. The molecule has 1 aromatic carbocycles. The number of H-pyrrole nitrogens is 1. The SMILES string of the molecule is CC[C@H](C)[C@H](C)[C@@H]1NC(=O)C2C[C@@H](OC(=O)NCCCCCCCC(=O)CCCCCN3C(=O)C=CC3=O)CN2C(=O)[C@H](CC(N)=O)CC(=O)[C@@H]2CSc3[nH]c4cc(O)ccc4c3C[C@H](CC1=O)C(=O)NCC(=O)N[C@@H]([C@@H](C)CC)C(=O)NCC(=O)N2. The summed E-state index contributed by atoms with van der Waals surface area (Å²) in [7, 11) is 0. The highest BCUT2D eigenvalue weighted by Gasteiger charge is 2.46. The van der Waals surface area contributed by atoms with Crippen LogP contribution in [-0.4, -0.2) is 165 Å². The maximum Gasteiger partial charge on any atom is 0.407 e. The first-order valence-electron chi connectivity index (χ1n) is 30.5. The van der Waals surface area contributed by atoms with E-state index in [1.54, 1.807) is 26.8 Å². The highest BCUT2D eigenvalue weighted by Crippen LogP contribution is 2.36. The maximum absolute atomic E-state index is 15.1. The molecule has 10 amide bonds. The molecule has 0 aliphatic carbocycles. The van der Waals surface area contributed by atoms with E-state index in [0.29, 0.717) is 79.4 Å². The van der Waals surface area contributed by atoms with Gasteiger partial charge in [-0.2, -0.15) is 0 Å². The van der Waals surface area contributed by atoms with E-state index < -0.39 is 145 Å². The highest BCUT2D eigenvalue weighted by molar-refractivity contribution is 7.99. The number of alkyl carbamates (subject to hydrolysis) is 1. The van der Waals surface area contributed by atoms with Gasteiger partial charge in [0.2, 0.25) is 41.4 Å². The number of nitrogens with two attached hydrogens (primary N) is 1. The zero-order chi connectivity index (χ0) is 63.5. The van der Waals surface area contributed by atoms with Crippen molar-refractivity contribution in [1.29, 1.82) is 0 Å². The molecule has 5 heterocycles. The van der Waals surface area contributed by atoms with E-state index in [1.165, 1.54) is 29.2 Å². The van der Waals surface area contributed by atoms with Crippen LogP contribution < -0.4 is 37.6 Å². The van der Waals surface area contributed by atoms with E-state index in [-0.39, 0.29) is 60.9 Å². The van der Waals surface area contributed by atoms with Crippen molar-refractivity contribution in [2.45, 2.75) is 179 Å². The van der Waals surface area contributed by atoms with Crippen LogP contribution in [0.3, 0.4) is 0 Å². The number of thioether (sulfide) groups is 1. The number of hydrogen-bond acceptors (Lipinski definition) is 16. The van der Waals surface area contributed by atoms with Crippen molar-refractivity contribution in [3.05, 3.63) is 35.9 Å². The van der Waals surface area contributed by atoms with Crippen LogP contribution in [-0.2, 0) is 68.7 Å². The number of unbranched alkanes of at least 4 members (excludes halogenated alkanes) is 6. The number of phenols is 1. The lowest BCUT2D eigenvalue weighted by Gasteiger charge is -2.33. The Morgan fingerprint density at radius 1 is 0.759 bits per heavy atom. The van der Waals surface area contributed by atoms with Gasteiger partial charge in [0.1, 0.15) is 29.7 Å². The van der Waals surface area contributed by atoms with Gasteiger partial charge in [0.15, 0.2) is 11.6 Å². The number of ketones is 3. The van der Waals surface area contributed by atoms with Crippen molar-refractivity contribution < 1.29 is 72.2 Å². The molecule has 2 bridgehead atoms. The first kappa shape index (κ1) is 68.5. The predicted octanol–water partition coefficient (Wildman–Crippen LogP) is 3.07. The quantitative estimate of drug-likeness (QED) is 0.0604. The molecule has 1 saturated heterocycles. The lowest BCUT2D eigenvalue weighted by atomic mass is 9.81. The minimum absolute atomic E-state index is 0.0999. The fourth-order valence-corrected chi connectivity index (χ4v) is 12.6. The molecule has 0 radical (unpaired) electrons. The molecule has 0 saturated carbocycles. The summed E-state index contributed by atoms with van der Waals surface area (Å²) in [5.74, 6) is -11.7. The van der Waals surface area contributed by atoms with Gasteiger partial charge in [-0.25, -0.2) is 4.79 Å². The lowest BCUT2D eigenvalue weighted by molar-refractivity contribution is -0.145. The number of imide groups is 1. The van der Waals surface area contributed by atoms with Crippen LogP contribution in [0.2, 0.25) is 0 Å². The number of aromatic hydroxyl groups is 1. The Hall–Kier alpha value is -7.64. The van der Waals surface area contributed by atoms with Gasteiger partial charge in [-0.15, -0.1) is 11.8 Å². The molecule has 0 spiro atoms. The largest absolute Gasteiger partial charge is 0.508 e. The molecule has 26 heteroatoms. The Kier molecular flexibility index (Phi) is 25.9. The number of carbonyl (C=O) groups is 13. The van der Waals surface area contributed by atoms with Crippen LogP contribution in [0.25, 0.3) is 10.9 Å². The molecule has 4 aliphatic heterocycles. The summed E-state index contributed by atoms with van der Waals surface area (Å²) in [4.78, 5) is 183. The zero-order valence-corrected chi connectivity index (χ0v) is 51.3. The van der Waals surface area contributed by atoms with Gasteiger partial charge in [0.05, 0.1) is 48.2 Å². The molecule has 25 nitrogen and oxygen atoms in total. The van der Waals surface area contributed by atoms with E-state index in [4.69, 9.17) is 10.5 Å². The minimum atomic E-state index is -1.51. The Balaban J connectivity index is 1.23. The van der Waals surface area contributed by atoms with Gasteiger partial charge < -0.3 is 57.4 Å². The van der Waals surface area contributed by atoms with Crippen molar-refractivity contribution >= 4 is 99.3 Å². The molecule has 1 unspecified atom stereocenters. The van der Waals surface area contributed by atoms with Crippen LogP contribution in [0.4, 0.5) is 4.79 Å². The number of phenolic OH excluding ortho intramolecular Hbond substituents is 1. The summed E-state index contributed by atoms with van der Waals surface area (Å²) in [5.41, 5.74) is 6.66. The van der Waals surface area contributed by atoms with Crippen LogP contribution in [0, 0.1) is 29.6 Å². The molecule has 87 heavy (non-hydrogen) atoms. The molecule has 10 atom stereocenters. The van der Waals surface area contributed by atoms with Gasteiger partial charge in [-0.3, -0.25) is 62.4 Å². The maximum atomic E-state index is 15.1. The first-order valence-corrected chi connectivity index (χ1v) is 31.5. The van der Waals surface area contributed by atoms with Crippen LogP contribution in [0.5, 0.6) is 5.75 Å². The molecular weight excluding hydrogens is 1140 g/mol. The summed E-state index contributed by atoms with van der Waals surface area (Å²) in [6.07, 6.45) is 5.78. The fourth-order valence-electron chi connectivity index (χ4n) is 11.4. The fraction of sp³-hybridized carbons (Fsp3) is 0.623. The number of fused-ring (bicyclic) bond motifs is 5. The summed E-state index contributed by atoms with van der Waals surface area (Å²) in [6.45, 7) is 8.02. The van der Waals surface area contributed by atoms with E-state index in [2.05, 4.69) is 36.9 Å². The second-order valence-corrected chi connectivity index (χ2v) is 24.6. The Morgan fingerprint density at radius 3 is 2.09 bits per heavy atom. The molecule has 6 rings (SSSR count). The molecular formula is C61H86N10O15S. The van der Waals surface area contributed by atoms with Crippen LogP contribution in [0.1, 0.15) is 143 Å². The van der Waals surface area contributed by atoms with Gasteiger partial charge >= 0.3 is 6.09 Å². The number of primary amides is 1. The number of nitrogens with one attached hydrogen (secondary N) is 7. The highest BCUT2D eigenvalue weighted by atomic mass is 32.2. The number of rotatable bonds is 22. The minimum Gasteiger partial charge on any atom is -0.508 e. The third-order valence-electron chi connectivity index (χ3n) is 17.1. The second-order valence-electron chi connectivity index (χ2n) is 23.5. The van der Waals surface area contributed by atoms with E-state index >= 15 is 9.59 Å². The van der Waals surface area contributed by atoms with E-state index in [0.717, 1.165) is 42.3 Å². The van der Waals surface area contributed by atoms with E-state index in [9.17, 15) is 57.8 Å². The van der Waals surface area contributed by atoms with Crippen LogP contribution in [0.15, 0.2) is 35.4 Å². The number of amides is 10. The number of benzene rings is 1. The number of aromatic amines is 1. The average molecular weight is 1230 g/mol. The normalized spacial score (nSPS) is 24.1. The summed E-state index contributed by atoms with van der Waals surface area (Å²) in [6, 6.07) is -0.780. The van der Waals surface area contributed by atoms with Crippen molar-refractivity contribution in [2.24, 2.45) is 35.3 Å². The lowest BCUT2D eigenvalue weighted by Crippen LogP contribution is -2.56. The van der Waals surface area contributed by atoms with Crippen molar-refractivity contribution in [1.82, 2.24) is 46.7 Å². The van der Waals surface area contributed by atoms with Crippen molar-refractivity contribution in [2.75, 3.05) is 38.5 Å². The Bertz CT molecular complexity index is 2910. The summed E-state index contributed by atoms with van der Waals surface area (Å²) >= 11 is 1.05. The van der Waals surface area contributed by atoms with Crippen molar-refractivity contribution in [3.63, 3.8) is 0 Å². The third-order valence-corrected chi connectivity index (χ3v) is 18.3. The number of carbonyl (C=O) groups excluding carboxylic acids is 13. The predicted molar refractivity (Wildman–Crippen MR) is 320 cm³/mol. The monoisotopic (exact) mass is 1230 g/mol. The Labute approximate surface area is 510 Å². The Morgan fingerprint density at radius 2 is 1.41 bits per heavy atom. The molecule has 1 aromatic heterocycles. The van der Waals surface area contributed by atoms with Crippen LogP contribution >= 0.6 is 11.8 Å². The number of Topliss-reactive ketones (excluding diaryl/α,β-unsaturated/α-hetero) is 3. The van der Waals surface area contributed by atoms with Gasteiger partial charge in [0.25, 0.3) is 11.8 Å². The smallest absolute Gasteiger partial charge is 0.407 e. The number of nitrogens with zero attached hydrogens (tertiary/aromatic N) is 2. The molecule has 1 fully saturated rings. The topological polar surface area (TPSA) is 372 Å². The average Bonchev–Trinajstić information content (AvgIpc) is 2.26. The van der Waals surface area contributed by atoms with Gasteiger partial charge in [0, 0.05) is 86.9 Å². The number of ether oxygens (including phenoxy) is 1. The van der Waals surface area contributed by atoms with Crippen molar-refractivity contribution in [3.8, 4) is 5.75 Å². The van der Waals surface area contributed by atoms with Gasteiger partial charge in [-0.05, 0) is 67.6 Å². The standard InChI is InChI=1S/C61H86N10O15S/c1-6-34(3)36(5)55-48(75)25-37-24-43-42-19-18-40(73)28-44(42)67-59(43)87-33-45(66-50(77)30-65-58(83)54(35(4)7-2)68-51(78)31-64-56(37)81)47(74)26-38(27-49(62)76)60(84)71-32-41(29-46(71)57(82)69-55)86-61(85)63-22-14-10-8-9-12-16-39(72)17-13-11-15-23-70-52(79)20-21-53(70)80/h18-21,28,34-38,41,45-46,54-55,67,73H,6-17,22-27,29-33H2,1-5H3,(H2,62,76)(H,63,85)(H,64,81)(H,65,83)(H,66,77)(H,68,78)(H,69,82)/t34-,35-,36-,37+,38-,41+,45-,46?,54-,55-/m0/s1. The third kappa shape index (κ3) is 19.7. The zero-order valence-electron chi connectivity index (χ0n) is 50.5.